The van der Waals surface area contributed by atoms with E-state index in [1.165, 1.54) is 16.7 Å². The lowest BCUT2D eigenvalue weighted by molar-refractivity contribution is -0.148. The molecule has 0 N–H and O–H groups in total. The highest BCUT2D eigenvalue weighted by Gasteiger charge is 2.33. The van der Waals surface area contributed by atoms with Crippen LogP contribution in [-0.4, -0.2) is 51.9 Å². The Bertz CT molecular complexity index is 1160. The first kappa shape index (κ1) is 25.7. The molecule has 3 rings (SSSR count). The van der Waals surface area contributed by atoms with Crippen molar-refractivity contribution in [2.75, 3.05) is 31.1 Å². The molecular formula is C24H28N4O4S2. The van der Waals surface area contributed by atoms with Gasteiger partial charge in [0.2, 0.25) is 0 Å². The highest BCUT2D eigenvalue weighted by molar-refractivity contribution is 8.26. The first-order valence-corrected chi connectivity index (χ1v) is 12.5. The fourth-order valence-corrected chi connectivity index (χ4v) is 5.54. The zero-order valence-corrected chi connectivity index (χ0v) is 21.3. The summed E-state index contributed by atoms with van der Waals surface area (Å²) in [6, 6.07) is 2.04. The van der Waals surface area contributed by atoms with Crippen LogP contribution in [0.2, 0.25) is 0 Å². The van der Waals surface area contributed by atoms with Crippen LogP contribution in [0.5, 0.6) is 0 Å². The summed E-state index contributed by atoms with van der Waals surface area (Å²) >= 11 is 6.55. The maximum absolute atomic E-state index is 13.1. The van der Waals surface area contributed by atoms with E-state index >= 15 is 0 Å². The molecule has 0 aliphatic carbocycles. The lowest BCUT2D eigenvalue weighted by atomic mass is 9.95. The number of amides is 1. The first-order chi connectivity index (χ1) is 16.3. The Morgan fingerprint density at radius 3 is 2.56 bits per heavy atom. The molecule has 0 bridgehead atoms. The van der Waals surface area contributed by atoms with Gasteiger partial charge in [-0.2, -0.15) is 5.26 Å². The molecule has 0 radical (unpaired) electrons. The molecule has 1 amide bonds. The van der Waals surface area contributed by atoms with Gasteiger partial charge in [-0.05, 0) is 45.3 Å². The second-order valence-electron chi connectivity index (χ2n) is 7.99. The van der Waals surface area contributed by atoms with Gasteiger partial charge in [-0.25, -0.2) is 0 Å². The maximum atomic E-state index is 13.1. The summed E-state index contributed by atoms with van der Waals surface area (Å²) in [5.41, 5.74) is 0.863. The van der Waals surface area contributed by atoms with Gasteiger partial charge >= 0.3 is 5.97 Å². The Labute approximate surface area is 208 Å². The van der Waals surface area contributed by atoms with Crippen LogP contribution >= 0.6 is 24.0 Å². The summed E-state index contributed by atoms with van der Waals surface area (Å²) in [5.74, 6) is 0.0440. The molecule has 10 heteroatoms. The maximum Gasteiger partial charge on any atom is 0.309 e. The average Bonchev–Trinajstić information content (AvgIpc) is 3.09. The molecule has 3 heterocycles. The lowest BCUT2D eigenvalue weighted by Gasteiger charge is -2.35. The van der Waals surface area contributed by atoms with E-state index in [0.717, 1.165) is 0 Å². The molecule has 2 aliphatic rings. The van der Waals surface area contributed by atoms with Crippen molar-refractivity contribution in [2.24, 2.45) is 5.92 Å². The Morgan fingerprint density at radius 2 is 2.00 bits per heavy atom. The molecule has 0 saturated carbocycles. The third-order valence-electron chi connectivity index (χ3n) is 6.04. The Morgan fingerprint density at radius 1 is 1.32 bits per heavy atom. The number of rotatable bonds is 7. The van der Waals surface area contributed by atoms with Crippen LogP contribution < -0.4 is 10.5 Å². The molecule has 0 spiro atoms. The molecule has 180 valence electrons. The Kier molecular flexibility index (Phi) is 8.33. The molecule has 8 nitrogen and oxygen atoms in total. The standard InChI is InChI=1S/C24H28N4O4S2/c1-5-10-28-22(30)19(34-24(28)33)13-17-15(4)18(14-25)21(29)27(6-2)20(17)26-11-8-16(9-12-26)23(31)32-7-3/h5,13,16H,1,6-12H2,2-4H3. The van der Waals surface area contributed by atoms with Crippen molar-refractivity contribution in [3.8, 4) is 6.07 Å². The number of aromatic nitrogens is 1. The molecule has 34 heavy (non-hydrogen) atoms. The summed E-state index contributed by atoms with van der Waals surface area (Å²) in [7, 11) is 0. The number of pyridine rings is 1. The molecule has 2 saturated heterocycles. The van der Waals surface area contributed by atoms with E-state index in [1.54, 1.807) is 30.6 Å². The minimum Gasteiger partial charge on any atom is -0.466 e. The number of esters is 1. The van der Waals surface area contributed by atoms with Gasteiger partial charge < -0.3 is 9.64 Å². The van der Waals surface area contributed by atoms with Crippen molar-refractivity contribution in [1.82, 2.24) is 9.47 Å². The van der Waals surface area contributed by atoms with Crippen LogP contribution in [0, 0.1) is 24.2 Å². The number of carbonyl (C=O) groups is 2. The number of thiocarbonyl (C=S) groups is 1. The number of thioether (sulfide) groups is 1. The number of ether oxygens (including phenoxy) is 1. The van der Waals surface area contributed by atoms with E-state index in [2.05, 4.69) is 11.5 Å². The third kappa shape index (κ3) is 4.81. The SMILES string of the molecule is C=CCN1C(=O)C(=Cc2c(C)c(C#N)c(=O)n(CC)c2N2CCC(C(=O)OCC)CC2)SC1=S. The number of hydrogen-bond acceptors (Lipinski definition) is 8. The second kappa shape index (κ2) is 11.0. The molecule has 1 aromatic rings. The highest BCUT2D eigenvalue weighted by Crippen LogP contribution is 2.36. The van der Waals surface area contributed by atoms with Crippen LogP contribution in [0.25, 0.3) is 6.08 Å². The van der Waals surface area contributed by atoms with Gasteiger partial charge in [0.1, 0.15) is 21.8 Å². The Hall–Kier alpha value is -2.90. The lowest BCUT2D eigenvalue weighted by Crippen LogP contribution is -2.41. The van der Waals surface area contributed by atoms with E-state index < -0.39 is 0 Å². The fourth-order valence-electron chi connectivity index (χ4n) is 4.28. The largest absolute Gasteiger partial charge is 0.466 e. The van der Waals surface area contributed by atoms with Crippen LogP contribution in [0.3, 0.4) is 0 Å². The van der Waals surface area contributed by atoms with Crippen LogP contribution in [0.15, 0.2) is 22.4 Å². The number of piperidine rings is 1. The van der Waals surface area contributed by atoms with Gasteiger partial charge in [0, 0.05) is 31.7 Å². The predicted octanol–water partition coefficient (Wildman–Crippen LogP) is 3.22. The minimum absolute atomic E-state index is 0.0554. The predicted molar refractivity (Wildman–Crippen MR) is 137 cm³/mol. The number of nitriles is 1. The first-order valence-electron chi connectivity index (χ1n) is 11.2. The van der Waals surface area contributed by atoms with Gasteiger partial charge in [0.15, 0.2) is 0 Å². The number of hydrogen-bond donors (Lipinski definition) is 0. The van der Waals surface area contributed by atoms with Crippen LogP contribution in [0.4, 0.5) is 5.82 Å². The van der Waals surface area contributed by atoms with E-state index in [4.69, 9.17) is 17.0 Å². The fraction of sp³-hybridized carbons (Fsp3) is 0.458. The van der Waals surface area contributed by atoms with Gasteiger partial charge in [-0.1, -0.05) is 30.1 Å². The van der Waals surface area contributed by atoms with Crippen LogP contribution in [-0.2, 0) is 20.9 Å². The summed E-state index contributed by atoms with van der Waals surface area (Å²) in [6.07, 6.45) is 4.54. The third-order valence-corrected chi connectivity index (χ3v) is 7.42. The van der Waals surface area contributed by atoms with Crippen molar-refractivity contribution < 1.29 is 14.3 Å². The van der Waals surface area contributed by atoms with Crippen molar-refractivity contribution in [3.63, 3.8) is 0 Å². The normalized spacial score (nSPS) is 17.9. The molecule has 0 atom stereocenters. The monoisotopic (exact) mass is 500 g/mol. The smallest absolute Gasteiger partial charge is 0.309 e. The average molecular weight is 501 g/mol. The van der Waals surface area contributed by atoms with E-state index in [-0.39, 0.29) is 28.9 Å². The van der Waals surface area contributed by atoms with E-state index in [1.807, 2.05) is 13.0 Å². The highest BCUT2D eigenvalue weighted by atomic mass is 32.2. The molecule has 0 aromatic carbocycles. The topological polar surface area (TPSA) is 95.6 Å². The second-order valence-corrected chi connectivity index (χ2v) is 9.67. The van der Waals surface area contributed by atoms with Gasteiger partial charge in [-0.15, -0.1) is 6.58 Å². The van der Waals surface area contributed by atoms with E-state index in [0.29, 0.717) is 71.8 Å². The molecular weight excluding hydrogens is 472 g/mol. The number of carbonyl (C=O) groups excluding carboxylic acids is 2. The minimum atomic E-state index is -0.360. The van der Waals surface area contributed by atoms with Gasteiger partial charge in [-0.3, -0.25) is 23.9 Å². The number of anilines is 1. The van der Waals surface area contributed by atoms with Crippen molar-refractivity contribution >= 4 is 52.1 Å². The summed E-state index contributed by atoms with van der Waals surface area (Å²) in [4.78, 5) is 42.3. The zero-order chi connectivity index (χ0) is 25.0. The van der Waals surface area contributed by atoms with E-state index in [9.17, 15) is 19.6 Å². The quantitative estimate of drug-likeness (QED) is 0.244. The molecule has 0 unspecified atom stereocenters. The van der Waals surface area contributed by atoms with Gasteiger partial charge in [0.05, 0.1) is 17.4 Å². The molecule has 2 fully saturated rings. The summed E-state index contributed by atoms with van der Waals surface area (Å²) in [5, 5.41) is 9.70. The van der Waals surface area contributed by atoms with Crippen molar-refractivity contribution in [3.05, 3.63) is 44.6 Å². The van der Waals surface area contributed by atoms with Crippen molar-refractivity contribution in [2.45, 2.75) is 40.2 Å². The summed E-state index contributed by atoms with van der Waals surface area (Å²) in [6.45, 7) is 11.2. The summed E-state index contributed by atoms with van der Waals surface area (Å²) < 4.78 is 7.19. The van der Waals surface area contributed by atoms with Gasteiger partial charge in [0.25, 0.3) is 11.5 Å². The van der Waals surface area contributed by atoms with Crippen LogP contribution in [0.1, 0.15) is 43.4 Å². The van der Waals surface area contributed by atoms with Crippen molar-refractivity contribution in [1.29, 1.82) is 5.26 Å². The molecule has 2 aliphatic heterocycles. The molecule has 1 aromatic heterocycles. The number of nitrogens with zero attached hydrogens (tertiary/aromatic N) is 4. The Balaban J connectivity index is 2.10. The zero-order valence-electron chi connectivity index (χ0n) is 19.6.